The van der Waals surface area contributed by atoms with Crippen LogP contribution in [0.3, 0.4) is 0 Å². The van der Waals surface area contributed by atoms with Crippen LogP contribution in [0.4, 0.5) is 0 Å². The molecule has 0 unspecified atom stereocenters. The molecule has 9 heavy (non-hydrogen) atoms. The Balaban J connectivity index is 2.49. The second kappa shape index (κ2) is 2.39. The quantitative estimate of drug-likeness (QED) is 0.485. The Morgan fingerprint density at radius 3 is 2.67 bits per heavy atom. The lowest BCUT2D eigenvalue weighted by molar-refractivity contribution is -0.140. The van der Waals surface area contributed by atoms with Gasteiger partial charge < -0.3 is 9.92 Å². The third kappa shape index (κ3) is 1.24. The maximum atomic E-state index is 10.3. The number of hydrogen-bond donors (Lipinski definition) is 1. The minimum atomic E-state index is -0.810. The van der Waals surface area contributed by atoms with Gasteiger partial charge in [-0.15, -0.1) is 0 Å². The zero-order valence-electron chi connectivity index (χ0n) is 5.08. The zero-order valence-corrected chi connectivity index (χ0v) is 5.08. The molecule has 0 aromatic rings. The highest BCUT2D eigenvalue weighted by atomic mass is 16.4. The van der Waals surface area contributed by atoms with Crippen LogP contribution in [-0.2, 0) is 4.79 Å². The summed E-state index contributed by atoms with van der Waals surface area (Å²) in [5, 5.41) is 8.46. The second-order valence-corrected chi connectivity index (χ2v) is 2.23. The first kappa shape index (κ1) is 6.61. The molecule has 0 bridgehead atoms. The van der Waals surface area contributed by atoms with Crippen molar-refractivity contribution in [3.05, 3.63) is 0 Å². The summed E-state index contributed by atoms with van der Waals surface area (Å²) < 4.78 is 0. The van der Waals surface area contributed by atoms with Gasteiger partial charge >= 0.3 is 5.97 Å². The van der Waals surface area contributed by atoms with Gasteiger partial charge in [-0.2, -0.15) is 0 Å². The van der Waals surface area contributed by atoms with Crippen molar-refractivity contribution >= 4 is 14.0 Å². The highest BCUT2D eigenvalue weighted by Crippen LogP contribution is 2.13. The molecule has 1 aliphatic rings. The third-order valence-electron chi connectivity index (χ3n) is 1.58. The number of carboxylic acid groups (broad SMARTS) is 1. The molecule has 1 heterocycles. The van der Waals surface area contributed by atoms with Crippen LogP contribution in [0.5, 0.6) is 0 Å². The van der Waals surface area contributed by atoms with E-state index >= 15 is 0 Å². The summed E-state index contributed by atoms with van der Waals surface area (Å²) in [5.41, 5.74) is 0. The summed E-state index contributed by atoms with van der Waals surface area (Å²) in [4.78, 5) is 11.7. The fourth-order valence-corrected chi connectivity index (χ4v) is 1.05. The van der Waals surface area contributed by atoms with E-state index in [0.29, 0.717) is 13.0 Å². The molecule has 1 fully saturated rings. The van der Waals surface area contributed by atoms with Crippen molar-refractivity contribution in [2.75, 3.05) is 6.54 Å². The maximum Gasteiger partial charge on any atom is 0.319 e. The lowest BCUT2D eigenvalue weighted by Gasteiger charge is -2.13. The molecule has 0 amide bonds. The molecular weight excluding hydrogens is 117 g/mol. The lowest BCUT2D eigenvalue weighted by atomic mass is 10.2. The van der Waals surface area contributed by atoms with Crippen molar-refractivity contribution in [3.63, 3.8) is 0 Å². The first-order valence-electron chi connectivity index (χ1n) is 2.96. The molecule has 1 N–H and O–H groups in total. The van der Waals surface area contributed by atoms with Gasteiger partial charge in [0.1, 0.15) is 0 Å². The summed E-state index contributed by atoms with van der Waals surface area (Å²) in [7, 11) is 5.33. The Kier molecular flexibility index (Phi) is 1.76. The predicted molar refractivity (Wildman–Crippen MR) is 33.1 cm³/mol. The van der Waals surface area contributed by atoms with E-state index in [0.717, 1.165) is 6.42 Å². The van der Waals surface area contributed by atoms with Crippen molar-refractivity contribution in [1.82, 2.24) is 4.81 Å². The Morgan fingerprint density at radius 1 is 1.78 bits per heavy atom. The highest BCUT2D eigenvalue weighted by molar-refractivity contribution is 6.06. The average Bonchev–Trinajstić information content (AvgIpc) is 2.13. The minimum Gasteiger partial charge on any atom is -0.480 e. The van der Waals surface area contributed by atoms with Gasteiger partial charge in [0.15, 0.2) is 7.98 Å². The number of nitrogens with zero attached hydrogens (tertiary/aromatic N) is 1. The molecular formula is C5H8BNO2. The largest absolute Gasteiger partial charge is 0.480 e. The average molecular weight is 125 g/mol. The zero-order chi connectivity index (χ0) is 6.85. The topological polar surface area (TPSA) is 40.5 Å². The fourth-order valence-electron chi connectivity index (χ4n) is 1.05. The van der Waals surface area contributed by atoms with Crippen molar-refractivity contribution in [2.45, 2.75) is 18.9 Å². The van der Waals surface area contributed by atoms with Gasteiger partial charge in [-0.25, -0.2) is 0 Å². The molecule has 0 aromatic carbocycles. The summed E-state index contributed by atoms with van der Waals surface area (Å²) in [6.45, 7) is 0.705. The standard InChI is InChI=1S/C5H8BNO2/c6-7-3-1-2-4(7)5(8)9/h4H,1-3H2,(H,8,9)/t4-/m0/s1. The van der Waals surface area contributed by atoms with Crippen molar-refractivity contribution < 1.29 is 9.90 Å². The van der Waals surface area contributed by atoms with E-state index in [1.807, 2.05) is 0 Å². The van der Waals surface area contributed by atoms with Crippen LogP contribution in [-0.4, -0.2) is 36.5 Å². The van der Waals surface area contributed by atoms with Crippen LogP contribution >= 0.6 is 0 Å². The van der Waals surface area contributed by atoms with Crippen LogP contribution < -0.4 is 0 Å². The summed E-state index contributed by atoms with van der Waals surface area (Å²) in [5.74, 6) is -0.810. The molecule has 0 spiro atoms. The fraction of sp³-hybridized carbons (Fsp3) is 0.800. The number of carbonyl (C=O) groups is 1. The lowest BCUT2D eigenvalue weighted by Crippen LogP contribution is -2.33. The van der Waals surface area contributed by atoms with Crippen LogP contribution in [0, 0.1) is 0 Å². The Bertz CT molecular complexity index is 128. The molecule has 1 atom stereocenters. The highest BCUT2D eigenvalue weighted by Gasteiger charge is 2.26. The van der Waals surface area contributed by atoms with Gasteiger partial charge in [0.2, 0.25) is 0 Å². The summed E-state index contributed by atoms with van der Waals surface area (Å²) in [6.07, 6.45) is 1.58. The van der Waals surface area contributed by atoms with Crippen LogP contribution in [0.2, 0.25) is 0 Å². The van der Waals surface area contributed by atoms with Crippen LogP contribution in [0.1, 0.15) is 12.8 Å². The van der Waals surface area contributed by atoms with Crippen LogP contribution in [0.15, 0.2) is 0 Å². The van der Waals surface area contributed by atoms with Gasteiger partial charge in [0, 0.05) is 0 Å². The number of carboxylic acids is 1. The Labute approximate surface area is 55.1 Å². The minimum absolute atomic E-state index is 0.440. The number of rotatable bonds is 1. The SMILES string of the molecule is [B]N1CCC[C@H]1C(=O)O. The van der Waals surface area contributed by atoms with Gasteiger partial charge in [-0.05, 0) is 19.4 Å². The first-order valence-corrected chi connectivity index (χ1v) is 2.96. The molecule has 3 nitrogen and oxygen atoms in total. The molecule has 1 saturated heterocycles. The van der Waals surface area contributed by atoms with E-state index in [2.05, 4.69) is 0 Å². The van der Waals surface area contributed by atoms with E-state index in [4.69, 9.17) is 13.1 Å². The Hall–Kier alpha value is -0.505. The number of aliphatic carboxylic acids is 1. The number of hydrogen-bond acceptors (Lipinski definition) is 2. The molecule has 0 saturated carbocycles. The monoisotopic (exact) mass is 125 g/mol. The normalized spacial score (nSPS) is 28.7. The van der Waals surface area contributed by atoms with E-state index in [1.165, 1.54) is 4.81 Å². The van der Waals surface area contributed by atoms with Crippen molar-refractivity contribution in [1.29, 1.82) is 0 Å². The molecule has 1 aliphatic heterocycles. The molecule has 2 radical (unpaired) electrons. The van der Waals surface area contributed by atoms with E-state index in [1.54, 1.807) is 0 Å². The molecule has 0 aromatic heterocycles. The smallest absolute Gasteiger partial charge is 0.319 e. The van der Waals surface area contributed by atoms with Gasteiger partial charge in [-0.1, -0.05) is 0 Å². The second-order valence-electron chi connectivity index (χ2n) is 2.23. The van der Waals surface area contributed by atoms with E-state index < -0.39 is 12.0 Å². The van der Waals surface area contributed by atoms with Gasteiger partial charge in [0.25, 0.3) is 0 Å². The van der Waals surface area contributed by atoms with Crippen molar-refractivity contribution in [3.8, 4) is 0 Å². The third-order valence-corrected chi connectivity index (χ3v) is 1.58. The van der Waals surface area contributed by atoms with Gasteiger partial charge in [-0.3, -0.25) is 4.79 Å². The summed E-state index contributed by atoms with van der Waals surface area (Å²) in [6, 6.07) is -0.440. The Morgan fingerprint density at radius 2 is 2.44 bits per heavy atom. The predicted octanol–water partition coefficient (Wildman–Crippen LogP) is -0.381. The van der Waals surface area contributed by atoms with E-state index in [9.17, 15) is 4.79 Å². The first-order chi connectivity index (χ1) is 4.22. The molecule has 48 valence electrons. The van der Waals surface area contributed by atoms with E-state index in [-0.39, 0.29) is 0 Å². The molecule has 1 rings (SSSR count). The van der Waals surface area contributed by atoms with Gasteiger partial charge in [0.05, 0.1) is 6.04 Å². The molecule has 4 heteroatoms. The van der Waals surface area contributed by atoms with Crippen LogP contribution in [0.25, 0.3) is 0 Å². The van der Waals surface area contributed by atoms with Crippen molar-refractivity contribution in [2.24, 2.45) is 0 Å². The molecule has 0 aliphatic carbocycles. The summed E-state index contributed by atoms with van der Waals surface area (Å²) >= 11 is 0. The maximum absolute atomic E-state index is 10.3.